The summed E-state index contributed by atoms with van der Waals surface area (Å²) in [5.41, 5.74) is 3.52. The van der Waals surface area contributed by atoms with Gasteiger partial charge in [0.2, 0.25) is 0 Å². The predicted octanol–water partition coefficient (Wildman–Crippen LogP) is 3.03. The van der Waals surface area contributed by atoms with Crippen molar-refractivity contribution in [3.05, 3.63) is 52.6 Å². The molecule has 1 aliphatic carbocycles. The van der Waals surface area contributed by atoms with E-state index < -0.39 is 0 Å². The fraction of sp³-hybridized carbons (Fsp3) is 0.389. The fourth-order valence-corrected chi connectivity index (χ4v) is 3.05. The summed E-state index contributed by atoms with van der Waals surface area (Å²) in [5.74, 6) is -0.0655. The number of carbonyl (C=O) groups is 2. The van der Waals surface area contributed by atoms with Crippen LogP contribution >= 0.6 is 0 Å². The molecule has 2 heterocycles. The summed E-state index contributed by atoms with van der Waals surface area (Å²) in [4.78, 5) is 34.1. The number of carbonyl (C=O) groups excluding carboxylic acids is 2. The summed E-state index contributed by atoms with van der Waals surface area (Å²) >= 11 is 0. The molecular formula is C18H21N3O2. The third-order valence-corrected chi connectivity index (χ3v) is 4.31. The summed E-state index contributed by atoms with van der Waals surface area (Å²) in [5, 5.41) is 0. The minimum absolute atomic E-state index is 0.0157. The van der Waals surface area contributed by atoms with Gasteiger partial charge in [-0.3, -0.25) is 14.6 Å². The van der Waals surface area contributed by atoms with Gasteiger partial charge >= 0.3 is 0 Å². The second kappa shape index (κ2) is 5.99. The number of ketones is 1. The molecule has 1 N–H and O–H groups in total. The Hall–Kier alpha value is -2.43. The number of nitrogens with zero attached hydrogens (tertiary/aromatic N) is 2. The molecule has 0 saturated heterocycles. The lowest BCUT2D eigenvalue weighted by Gasteiger charge is -2.22. The highest BCUT2D eigenvalue weighted by Crippen LogP contribution is 2.30. The summed E-state index contributed by atoms with van der Waals surface area (Å²) in [7, 11) is 0. The maximum atomic E-state index is 13.0. The standard InChI is InChI=1S/C18H21N3O2/c1-11-16(13(3)22)12(2)20-17(11)18(23)21(15-7-8-15)10-14-6-4-5-9-19-14/h4-6,9,15,20H,7-8,10H2,1-3H3. The number of aromatic nitrogens is 2. The summed E-state index contributed by atoms with van der Waals surface area (Å²) < 4.78 is 0. The van der Waals surface area contributed by atoms with Gasteiger partial charge in [0, 0.05) is 23.5 Å². The molecule has 3 rings (SSSR count). The van der Waals surface area contributed by atoms with Crippen molar-refractivity contribution >= 4 is 11.7 Å². The first-order valence-electron chi connectivity index (χ1n) is 7.90. The number of pyridine rings is 1. The van der Waals surface area contributed by atoms with Crippen molar-refractivity contribution in [2.75, 3.05) is 0 Å². The van der Waals surface area contributed by atoms with Gasteiger partial charge in [0.05, 0.1) is 12.2 Å². The van der Waals surface area contributed by atoms with Gasteiger partial charge in [-0.05, 0) is 51.3 Å². The lowest BCUT2D eigenvalue weighted by molar-refractivity contribution is 0.0721. The SMILES string of the molecule is CC(=O)c1c(C)[nH]c(C(=O)N(Cc2ccccn2)C2CC2)c1C. The first-order valence-corrected chi connectivity index (χ1v) is 7.90. The van der Waals surface area contributed by atoms with Crippen molar-refractivity contribution in [3.8, 4) is 0 Å². The van der Waals surface area contributed by atoms with Crippen LogP contribution in [0.1, 0.15) is 57.6 Å². The smallest absolute Gasteiger partial charge is 0.271 e. The molecule has 23 heavy (non-hydrogen) atoms. The Labute approximate surface area is 135 Å². The van der Waals surface area contributed by atoms with Crippen molar-refractivity contribution in [1.82, 2.24) is 14.9 Å². The van der Waals surface area contributed by atoms with E-state index in [9.17, 15) is 9.59 Å². The summed E-state index contributed by atoms with van der Waals surface area (Å²) in [6, 6.07) is 5.99. The number of hydrogen-bond donors (Lipinski definition) is 1. The number of aryl methyl sites for hydroxylation is 1. The number of aromatic amines is 1. The van der Waals surface area contributed by atoms with Gasteiger partial charge in [-0.1, -0.05) is 6.07 Å². The normalized spacial score (nSPS) is 13.9. The van der Waals surface area contributed by atoms with E-state index >= 15 is 0 Å². The van der Waals surface area contributed by atoms with Crippen LogP contribution < -0.4 is 0 Å². The predicted molar refractivity (Wildman–Crippen MR) is 87.4 cm³/mol. The Kier molecular flexibility index (Phi) is 4.03. The van der Waals surface area contributed by atoms with E-state index in [4.69, 9.17) is 0 Å². The first-order chi connectivity index (χ1) is 11.0. The van der Waals surface area contributed by atoms with E-state index in [0.717, 1.165) is 29.8 Å². The van der Waals surface area contributed by atoms with E-state index in [1.807, 2.05) is 36.9 Å². The van der Waals surface area contributed by atoms with Crippen LogP contribution in [0.5, 0.6) is 0 Å². The fourth-order valence-electron chi connectivity index (χ4n) is 3.05. The second-order valence-corrected chi connectivity index (χ2v) is 6.17. The Morgan fingerprint density at radius 2 is 2.04 bits per heavy atom. The van der Waals surface area contributed by atoms with Crippen LogP contribution in [0.15, 0.2) is 24.4 Å². The van der Waals surface area contributed by atoms with Crippen LogP contribution in [0.4, 0.5) is 0 Å². The Morgan fingerprint density at radius 3 is 2.57 bits per heavy atom. The molecule has 2 aromatic heterocycles. The quantitative estimate of drug-likeness (QED) is 0.863. The molecule has 1 fully saturated rings. The largest absolute Gasteiger partial charge is 0.354 e. The van der Waals surface area contributed by atoms with Crippen molar-refractivity contribution in [3.63, 3.8) is 0 Å². The van der Waals surface area contributed by atoms with Gasteiger partial charge < -0.3 is 9.88 Å². The number of hydrogen-bond acceptors (Lipinski definition) is 3. The average Bonchev–Trinajstić information content (AvgIpc) is 3.30. The maximum absolute atomic E-state index is 13.0. The molecule has 5 heteroatoms. The zero-order chi connectivity index (χ0) is 16.6. The van der Waals surface area contributed by atoms with Gasteiger partial charge in [0.15, 0.2) is 5.78 Å². The van der Waals surface area contributed by atoms with Crippen molar-refractivity contribution in [1.29, 1.82) is 0 Å². The zero-order valence-corrected chi connectivity index (χ0v) is 13.7. The van der Waals surface area contributed by atoms with E-state index in [1.54, 1.807) is 6.20 Å². The van der Waals surface area contributed by atoms with E-state index in [-0.39, 0.29) is 17.7 Å². The van der Waals surface area contributed by atoms with Gasteiger partial charge in [0.25, 0.3) is 5.91 Å². The van der Waals surface area contributed by atoms with Crippen LogP contribution in [0, 0.1) is 13.8 Å². The van der Waals surface area contributed by atoms with Gasteiger partial charge in [0.1, 0.15) is 5.69 Å². The summed E-state index contributed by atoms with van der Waals surface area (Å²) in [6.45, 7) is 5.70. The van der Waals surface area contributed by atoms with Gasteiger partial charge in [-0.2, -0.15) is 0 Å². The Bertz CT molecular complexity index is 745. The van der Waals surface area contributed by atoms with Crippen LogP contribution in [0.3, 0.4) is 0 Å². The minimum Gasteiger partial charge on any atom is -0.354 e. The van der Waals surface area contributed by atoms with Crippen LogP contribution in [-0.4, -0.2) is 32.6 Å². The number of Topliss-reactive ketones (excluding diaryl/α,β-unsaturated/α-hetero) is 1. The third kappa shape index (κ3) is 3.04. The first kappa shape index (κ1) is 15.5. The third-order valence-electron chi connectivity index (χ3n) is 4.31. The lowest BCUT2D eigenvalue weighted by Crippen LogP contribution is -2.33. The summed E-state index contributed by atoms with van der Waals surface area (Å²) in [6.07, 6.45) is 3.79. The van der Waals surface area contributed by atoms with Crippen molar-refractivity contribution in [2.24, 2.45) is 0 Å². The second-order valence-electron chi connectivity index (χ2n) is 6.17. The molecule has 0 aliphatic heterocycles. The zero-order valence-electron chi connectivity index (χ0n) is 13.7. The minimum atomic E-state index is -0.0498. The monoisotopic (exact) mass is 311 g/mol. The number of nitrogens with one attached hydrogen (secondary N) is 1. The molecule has 2 aromatic rings. The molecule has 0 radical (unpaired) electrons. The number of amides is 1. The molecule has 5 nitrogen and oxygen atoms in total. The average molecular weight is 311 g/mol. The van der Waals surface area contributed by atoms with Crippen molar-refractivity contribution < 1.29 is 9.59 Å². The maximum Gasteiger partial charge on any atom is 0.271 e. The number of H-pyrrole nitrogens is 1. The molecule has 1 amide bonds. The Morgan fingerprint density at radius 1 is 1.30 bits per heavy atom. The highest BCUT2D eigenvalue weighted by atomic mass is 16.2. The van der Waals surface area contributed by atoms with Crippen LogP contribution in [-0.2, 0) is 6.54 Å². The Balaban J connectivity index is 1.90. The molecule has 0 bridgehead atoms. The van der Waals surface area contributed by atoms with Crippen molar-refractivity contribution in [2.45, 2.75) is 46.2 Å². The van der Waals surface area contributed by atoms with E-state index in [2.05, 4.69) is 9.97 Å². The highest BCUT2D eigenvalue weighted by molar-refractivity contribution is 6.02. The molecule has 0 atom stereocenters. The molecule has 120 valence electrons. The van der Waals surface area contributed by atoms with Crippen LogP contribution in [0.25, 0.3) is 0 Å². The van der Waals surface area contributed by atoms with E-state index in [1.165, 1.54) is 6.92 Å². The van der Waals surface area contributed by atoms with E-state index in [0.29, 0.717) is 17.8 Å². The molecule has 0 unspecified atom stereocenters. The molecule has 1 saturated carbocycles. The molecule has 0 spiro atoms. The van der Waals surface area contributed by atoms with Crippen LogP contribution in [0.2, 0.25) is 0 Å². The van der Waals surface area contributed by atoms with Gasteiger partial charge in [-0.25, -0.2) is 0 Å². The number of rotatable bonds is 5. The lowest BCUT2D eigenvalue weighted by atomic mass is 10.1. The molecule has 1 aliphatic rings. The van der Waals surface area contributed by atoms with Gasteiger partial charge in [-0.15, -0.1) is 0 Å². The topological polar surface area (TPSA) is 66.1 Å². The molecular weight excluding hydrogens is 290 g/mol. The highest BCUT2D eigenvalue weighted by Gasteiger charge is 2.35. The molecule has 0 aromatic carbocycles.